The van der Waals surface area contributed by atoms with Crippen LogP contribution in [0.1, 0.15) is 30.8 Å². The van der Waals surface area contributed by atoms with Gasteiger partial charge in [0.05, 0.1) is 24.3 Å². The first kappa shape index (κ1) is 19.0. The first-order valence-electron chi connectivity index (χ1n) is 8.09. The molecule has 142 valence electrons. The second kappa shape index (κ2) is 7.07. The van der Waals surface area contributed by atoms with Crippen molar-refractivity contribution in [3.8, 4) is 10.4 Å². The fourth-order valence-electron chi connectivity index (χ4n) is 2.83. The molecule has 0 spiro atoms. The van der Waals surface area contributed by atoms with Crippen LogP contribution in [0.5, 0.6) is 0 Å². The van der Waals surface area contributed by atoms with Crippen molar-refractivity contribution < 1.29 is 28.2 Å². The number of amides is 1. The lowest BCUT2D eigenvalue weighted by atomic mass is 9.90. The van der Waals surface area contributed by atoms with Crippen LogP contribution in [0.15, 0.2) is 24.3 Å². The number of carbonyl (C=O) groups excluding carboxylic acids is 3. The third kappa shape index (κ3) is 3.82. The summed E-state index contributed by atoms with van der Waals surface area (Å²) in [6.45, 7) is 3.32. The lowest BCUT2D eigenvalue weighted by Crippen LogP contribution is -2.36. The minimum atomic E-state index is -0.927. The van der Waals surface area contributed by atoms with Gasteiger partial charge in [-0.05, 0) is 31.5 Å². The molecule has 1 aromatic heterocycles. The third-order valence-corrected chi connectivity index (χ3v) is 5.27. The fourth-order valence-corrected chi connectivity index (χ4v) is 3.79. The van der Waals surface area contributed by atoms with Gasteiger partial charge in [0.1, 0.15) is 11.4 Å². The van der Waals surface area contributed by atoms with E-state index in [4.69, 9.17) is 9.47 Å². The summed E-state index contributed by atoms with van der Waals surface area (Å²) in [5, 5.41) is 2.81. The van der Waals surface area contributed by atoms with Crippen LogP contribution >= 0.6 is 11.3 Å². The molecule has 1 aliphatic rings. The van der Waals surface area contributed by atoms with Gasteiger partial charge in [-0.3, -0.25) is 9.59 Å². The molecule has 2 aromatic rings. The van der Waals surface area contributed by atoms with Crippen LogP contribution in [0, 0.1) is 11.7 Å². The summed E-state index contributed by atoms with van der Waals surface area (Å²) in [6, 6.07) is 5.54. The molecule has 2 heterocycles. The molecular formula is C18H17FN2O5S. The highest BCUT2D eigenvalue weighted by Crippen LogP contribution is 2.36. The Bertz CT molecular complexity index is 907. The molecule has 0 unspecified atom stereocenters. The Kier molecular flexibility index (Phi) is 4.97. The molecule has 1 aromatic carbocycles. The number of carbonyl (C=O) groups is 3. The Labute approximate surface area is 158 Å². The molecular weight excluding hydrogens is 375 g/mol. The summed E-state index contributed by atoms with van der Waals surface area (Å²) >= 11 is 1.06. The Morgan fingerprint density at radius 2 is 2.00 bits per heavy atom. The second-order valence-corrected chi connectivity index (χ2v) is 7.52. The number of halogens is 1. The number of thiazole rings is 1. The molecule has 0 bridgehead atoms. The van der Waals surface area contributed by atoms with Crippen molar-refractivity contribution in [3.05, 3.63) is 35.8 Å². The fraction of sp³-hybridized carbons (Fsp3) is 0.333. The van der Waals surface area contributed by atoms with E-state index >= 15 is 0 Å². The molecule has 1 amide bonds. The van der Waals surface area contributed by atoms with E-state index in [0.29, 0.717) is 10.4 Å². The minimum absolute atomic E-state index is 0.0161. The second-order valence-electron chi connectivity index (χ2n) is 6.52. The summed E-state index contributed by atoms with van der Waals surface area (Å²) in [5.41, 5.74) is -0.347. The van der Waals surface area contributed by atoms with Gasteiger partial charge in [0, 0.05) is 0 Å². The van der Waals surface area contributed by atoms with Crippen molar-refractivity contribution in [2.75, 3.05) is 12.4 Å². The van der Waals surface area contributed by atoms with Gasteiger partial charge in [-0.1, -0.05) is 23.5 Å². The van der Waals surface area contributed by atoms with Crippen LogP contribution in [0.25, 0.3) is 10.4 Å². The normalized spacial score (nSPS) is 18.1. The summed E-state index contributed by atoms with van der Waals surface area (Å²) < 4.78 is 23.1. The largest absolute Gasteiger partial charge is 0.464 e. The number of nitrogens with one attached hydrogen (secondary N) is 1. The maximum absolute atomic E-state index is 13.2. The molecule has 0 saturated carbocycles. The molecule has 0 radical (unpaired) electrons. The van der Waals surface area contributed by atoms with Gasteiger partial charge in [-0.25, -0.2) is 14.2 Å². The van der Waals surface area contributed by atoms with Crippen LogP contribution in [0.4, 0.5) is 9.52 Å². The van der Waals surface area contributed by atoms with Gasteiger partial charge in [0.2, 0.25) is 5.91 Å². The highest BCUT2D eigenvalue weighted by atomic mass is 32.1. The Hall–Kier alpha value is -2.81. The molecule has 27 heavy (non-hydrogen) atoms. The topological polar surface area (TPSA) is 94.6 Å². The lowest BCUT2D eigenvalue weighted by molar-refractivity contribution is -0.147. The van der Waals surface area contributed by atoms with Crippen molar-refractivity contribution >= 4 is 34.3 Å². The quantitative estimate of drug-likeness (QED) is 0.804. The molecule has 1 aliphatic heterocycles. The number of hydrogen-bond acceptors (Lipinski definition) is 7. The maximum Gasteiger partial charge on any atom is 0.358 e. The Morgan fingerprint density at radius 1 is 1.33 bits per heavy atom. The molecule has 7 nitrogen and oxygen atoms in total. The van der Waals surface area contributed by atoms with E-state index < -0.39 is 35.2 Å². The van der Waals surface area contributed by atoms with E-state index in [1.807, 2.05) is 0 Å². The predicted molar refractivity (Wildman–Crippen MR) is 95.8 cm³/mol. The predicted octanol–water partition coefficient (Wildman–Crippen LogP) is 3.02. The third-order valence-electron chi connectivity index (χ3n) is 4.25. The number of esters is 2. The summed E-state index contributed by atoms with van der Waals surface area (Å²) in [4.78, 5) is 40.7. The molecule has 9 heteroatoms. The smallest absolute Gasteiger partial charge is 0.358 e. The van der Waals surface area contributed by atoms with Crippen molar-refractivity contribution in [3.63, 3.8) is 0 Å². The number of cyclic esters (lactones) is 1. The number of aromatic nitrogens is 1. The van der Waals surface area contributed by atoms with Gasteiger partial charge < -0.3 is 14.8 Å². The number of ether oxygens (including phenoxy) is 2. The first-order valence-corrected chi connectivity index (χ1v) is 8.90. The molecule has 1 N–H and O–H groups in total. The van der Waals surface area contributed by atoms with Crippen LogP contribution < -0.4 is 5.32 Å². The SMILES string of the molecule is COC(=O)c1nc(NC(=O)[C@@H]2CC(=O)OC2(C)C)sc1-c1ccc(F)cc1. The van der Waals surface area contributed by atoms with Crippen LogP contribution in [0.2, 0.25) is 0 Å². The number of rotatable bonds is 4. The number of anilines is 1. The van der Waals surface area contributed by atoms with Crippen molar-refractivity contribution in [2.24, 2.45) is 5.92 Å². The zero-order chi connectivity index (χ0) is 19.8. The molecule has 3 rings (SSSR count). The zero-order valence-electron chi connectivity index (χ0n) is 14.9. The minimum Gasteiger partial charge on any atom is -0.464 e. The average molecular weight is 392 g/mol. The summed E-state index contributed by atoms with van der Waals surface area (Å²) in [5.74, 6) is -2.64. The Morgan fingerprint density at radius 3 is 2.56 bits per heavy atom. The zero-order valence-corrected chi connectivity index (χ0v) is 15.7. The highest BCUT2D eigenvalue weighted by Gasteiger charge is 2.46. The number of hydrogen-bond donors (Lipinski definition) is 1. The number of methoxy groups -OCH3 is 1. The monoisotopic (exact) mass is 392 g/mol. The lowest BCUT2D eigenvalue weighted by Gasteiger charge is -2.23. The molecule has 1 fully saturated rings. The summed E-state index contributed by atoms with van der Waals surface area (Å²) in [7, 11) is 1.22. The van der Waals surface area contributed by atoms with Gasteiger partial charge in [0.15, 0.2) is 10.8 Å². The maximum atomic E-state index is 13.2. The molecule has 1 saturated heterocycles. The highest BCUT2D eigenvalue weighted by molar-refractivity contribution is 7.19. The van der Waals surface area contributed by atoms with E-state index in [1.54, 1.807) is 13.8 Å². The van der Waals surface area contributed by atoms with E-state index in [9.17, 15) is 18.8 Å². The Balaban J connectivity index is 1.90. The van der Waals surface area contributed by atoms with E-state index in [-0.39, 0.29) is 17.2 Å². The van der Waals surface area contributed by atoms with Crippen molar-refractivity contribution in [2.45, 2.75) is 25.9 Å². The van der Waals surface area contributed by atoms with Gasteiger partial charge in [0.25, 0.3) is 0 Å². The van der Waals surface area contributed by atoms with Crippen LogP contribution in [0.3, 0.4) is 0 Å². The van der Waals surface area contributed by atoms with Gasteiger partial charge >= 0.3 is 11.9 Å². The van der Waals surface area contributed by atoms with Crippen LogP contribution in [-0.2, 0) is 19.1 Å². The van der Waals surface area contributed by atoms with Crippen LogP contribution in [-0.4, -0.2) is 35.5 Å². The van der Waals surface area contributed by atoms with E-state index in [2.05, 4.69) is 10.3 Å². The first-order chi connectivity index (χ1) is 12.7. The van der Waals surface area contributed by atoms with E-state index in [1.165, 1.54) is 31.4 Å². The van der Waals surface area contributed by atoms with Crippen molar-refractivity contribution in [1.29, 1.82) is 0 Å². The van der Waals surface area contributed by atoms with E-state index in [0.717, 1.165) is 11.3 Å². The van der Waals surface area contributed by atoms with Gasteiger partial charge in [-0.2, -0.15) is 0 Å². The number of nitrogens with zero attached hydrogens (tertiary/aromatic N) is 1. The standard InChI is InChI=1S/C18H17FN2O5S/c1-18(2)11(8-12(22)26-18)15(23)21-17-20-13(16(24)25-3)14(27-17)9-4-6-10(19)7-5-9/h4-7,11H,8H2,1-3H3,(H,20,21,23)/t11-/m0/s1. The molecule has 1 atom stereocenters. The van der Waals surface area contributed by atoms with Gasteiger partial charge in [-0.15, -0.1) is 0 Å². The summed E-state index contributed by atoms with van der Waals surface area (Å²) in [6.07, 6.45) is -0.0289. The molecule has 0 aliphatic carbocycles. The number of benzene rings is 1. The average Bonchev–Trinajstić information content (AvgIpc) is 3.14. The van der Waals surface area contributed by atoms with Crippen molar-refractivity contribution in [1.82, 2.24) is 4.98 Å².